The molecule has 0 N–H and O–H groups in total. The molecule has 0 saturated heterocycles. The molecule has 0 amide bonds. The monoisotopic (exact) mass is 400 g/mol. The minimum absolute atomic E-state index is 0.206. The van der Waals surface area contributed by atoms with Crippen LogP contribution in [0.5, 0.6) is 17.2 Å². The van der Waals surface area contributed by atoms with Gasteiger partial charge in [0.15, 0.2) is 17.6 Å². The van der Waals surface area contributed by atoms with Crippen LogP contribution in [0.3, 0.4) is 0 Å². The molecule has 2 atom stereocenters. The van der Waals surface area contributed by atoms with Gasteiger partial charge in [0.05, 0.1) is 19.4 Å². The SMILES string of the molecule is CC#C[C@H](CC(=O)OC)c1ccc(OC[C@@H]2COc3ccc(Cl)cc3O2)cc1. The van der Waals surface area contributed by atoms with Crippen molar-refractivity contribution in [1.29, 1.82) is 0 Å². The van der Waals surface area contributed by atoms with Gasteiger partial charge in [0.25, 0.3) is 0 Å². The van der Waals surface area contributed by atoms with Gasteiger partial charge in [-0.05, 0) is 36.8 Å². The molecular formula is C22H21ClO5. The zero-order valence-electron chi connectivity index (χ0n) is 15.7. The molecule has 0 fully saturated rings. The van der Waals surface area contributed by atoms with Gasteiger partial charge in [-0.2, -0.15) is 0 Å². The molecular weight excluding hydrogens is 380 g/mol. The summed E-state index contributed by atoms with van der Waals surface area (Å²) in [6, 6.07) is 12.8. The maximum atomic E-state index is 11.6. The first kappa shape index (κ1) is 19.9. The molecule has 0 unspecified atom stereocenters. The number of hydrogen-bond acceptors (Lipinski definition) is 5. The number of ether oxygens (including phenoxy) is 4. The maximum Gasteiger partial charge on any atom is 0.307 e. The highest BCUT2D eigenvalue weighted by molar-refractivity contribution is 6.30. The van der Waals surface area contributed by atoms with E-state index in [1.165, 1.54) is 7.11 Å². The molecule has 1 aliphatic heterocycles. The Morgan fingerprint density at radius 2 is 2.04 bits per heavy atom. The fourth-order valence-electron chi connectivity index (χ4n) is 2.83. The number of hydrogen-bond donors (Lipinski definition) is 0. The molecule has 1 aliphatic rings. The van der Waals surface area contributed by atoms with Crippen LogP contribution >= 0.6 is 11.6 Å². The standard InChI is InChI=1S/C22H21ClO5/c1-3-4-16(11-22(24)25-2)15-5-8-18(9-6-15)26-13-19-14-27-20-10-7-17(23)12-21(20)28-19/h5-10,12,16,19H,11,13-14H2,1-2H3/t16-,19-/m1/s1. The molecule has 1 heterocycles. The van der Waals surface area contributed by atoms with Crippen molar-refractivity contribution < 1.29 is 23.7 Å². The van der Waals surface area contributed by atoms with Gasteiger partial charge in [-0.3, -0.25) is 4.79 Å². The lowest BCUT2D eigenvalue weighted by molar-refractivity contribution is -0.140. The van der Waals surface area contributed by atoms with E-state index in [1.807, 2.05) is 24.3 Å². The Labute approximate surface area is 169 Å². The number of fused-ring (bicyclic) bond motifs is 1. The highest BCUT2D eigenvalue weighted by Gasteiger charge is 2.22. The van der Waals surface area contributed by atoms with Crippen LogP contribution in [0.1, 0.15) is 24.8 Å². The lowest BCUT2D eigenvalue weighted by Gasteiger charge is -2.26. The van der Waals surface area contributed by atoms with Crippen LogP contribution in [-0.2, 0) is 9.53 Å². The second-order valence-corrected chi connectivity index (χ2v) is 6.69. The first-order valence-corrected chi connectivity index (χ1v) is 9.27. The quantitative estimate of drug-likeness (QED) is 0.536. The second kappa shape index (κ2) is 9.38. The van der Waals surface area contributed by atoms with Crippen LogP contribution in [0.2, 0.25) is 5.02 Å². The first-order valence-electron chi connectivity index (χ1n) is 8.90. The fraction of sp³-hybridized carbons (Fsp3) is 0.318. The van der Waals surface area contributed by atoms with E-state index in [-0.39, 0.29) is 24.4 Å². The van der Waals surface area contributed by atoms with E-state index in [1.54, 1.807) is 25.1 Å². The molecule has 0 saturated carbocycles. The first-order chi connectivity index (χ1) is 13.6. The van der Waals surface area contributed by atoms with E-state index in [0.717, 1.165) is 5.56 Å². The summed E-state index contributed by atoms with van der Waals surface area (Å²) >= 11 is 6.00. The third-order valence-electron chi connectivity index (χ3n) is 4.26. The average molecular weight is 401 g/mol. The van der Waals surface area contributed by atoms with Crippen LogP contribution in [0.25, 0.3) is 0 Å². The zero-order chi connectivity index (χ0) is 19.9. The number of esters is 1. The Morgan fingerprint density at radius 3 is 2.75 bits per heavy atom. The second-order valence-electron chi connectivity index (χ2n) is 6.25. The van der Waals surface area contributed by atoms with Crippen LogP contribution in [-0.4, -0.2) is 32.4 Å². The molecule has 0 aromatic heterocycles. The maximum absolute atomic E-state index is 11.6. The number of benzene rings is 2. The minimum atomic E-state index is -0.289. The van der Waals surface area contributed by atoms with Crippen LogP contribution in [0.4, 0.5) is 0 Å². The van der Waals surface area contributed by atoms with Gasteiger partial charge < -0.3 is 18.9 Å². The van der Waals surface area contributed by atoms with Crippen molar-refractivity contribution in [1.82, 2.24) is 0 Å². The number of rotatable bonds is 6. The minimum Gasteiger partial charge on any atom is -0.490 e. The summed E-state index contributed by atoms with van der Waals surface area (Å²) in [6.07, 6.45) is -0.0177. The summed E-state index contributed by atoms with van der Waals surface area (Å²) < 4.78 is 22.1. The number of carbonyl (C=O) groups excluding carboxylic acids is 1. The molecule has 0 aliphatic carbocycles. The normalized spacial score (nSPS) is 15.8. The van der Waals surface area contributed by atoms with E-state index < -0.39 is 0 Å². The Kier molecular flexibility index (Phi) is 6.67. The Hall–Kier alpha value is -2.84. The van der Waals surface area contributed by atoms with Crippen molar-refractivity contribution in [2.24, 2.45) is 0 Å². The molecule has 28 heavy (non-hydrogen) atoms. The van der Waals surface area contributed by atoms with E-state index in [9.17, 15) is 4.79 Å². The van der Waals surface area contributed by atoms with E-state index in [0.29, 0.717) is 35.5 Å². The summed E-state index contributed by atoms with van der Waals surface area (Å²) in [4.78, 5) is 11.6. The Bertz CT molecular complexity index is 882. The van der Waals surface area contributed by atoms with Crippen LogP contribution in [0.15, 0.2) is 42.5 Å². The summed E-state index contributed by atoms with van der Waals surface area (Å²) in [5, 5.41) is 0.594. The summed E-state index contributed by atoms with van der Waals surface area (Å²) in [5.74, 6) is 7.41. The lowest BCUT2D eigenvalue weighted by Crippen LogP contribution is -2.34. The lowest BCUT2D eigenvalue weighted by atomic mass is 9.96. The summed E-state index contributed by atoms with van der Waals surface area (Å²) in [5.41, 5.74) is 0.938. The van der Waals surface area contributed by atoms with Gasteiger partial charge in [0.1, 0.15) is 19.0 Å². The van der Waals surface area contributed by atoms with Gasteiger partial charge >= 0.3 is 5.97 Å². The zero-order valence-corrected chi connectivity index (χ0v) is 16.5. The third-order valence-corrected chi connectivity index (χ3v) is 4.49. The fourth-order valence-corrected chi connectivity index (χ4v) is 3.00. The third kappa shape index (κ3) is 5.11. The van der Waals surface area contributed by atoms with E-state index in [2.05, 4.69) is 11.8 Å². The highest BCUT2D eigenvalue weighted by atomic mass is 35.5. The smallest absolute Gasteiger partial charge is 0.307 e. The van der Waals surface area contributed by atoms with Crippen LogP contribution in [0, 0.1) is 11.8 Å². The van der Waals surface area contributed by atoms with Gasteiger partial charge in [0.2, 0.25) is 0 Å². The van der Waals surface area contributed by atoms with Gasteiger partial charge in [-0.1, -0.05) is 29.7 Å². The van der Waals surface area contributed by atoms with Crippen molar-refractivity contribution in [3.8, 4) is 29.1 Å². The predicted molar refractivity (Wildman–Crippen MR) is 106 cm³/mol. The molecule has 0 radical (unpaired) electrons. The number of methoxy groups -OCH3 is 1. The van der Waals surface area contributed by atoms with Crippen molar-refractivity contribution in [3.05, 3.63) is 53.1 Å². The van der Waals surface area contributed by atoms with Gasteiger partial charge in [-0.25, -0.2) is 0 Å². The number of halogens is 1. The van der Waals surface area contributed by atoms with E-state index >= 15 is 0 Å². The molecule has 2 aromatic rings. The topological polar surface area (TPSA) is 54.0 Å². The molecule has 0 spiro atoms. The predicted octanol–water partition coefficient (Wildman–Crippen LogP) is 4.23. The number of carbonyl (C=O) groups is 1. The Morgan fingerprint density at radius 1 is 1.25 bits per heavy atom. The van der Waals surface area contributed by atoms with Crippen LogP contribution < -0.4 is 14.2 Å². The molecule has 6 heteroatoms. The molecule has 2 aromatic carbocycles. The van der Waals surface area contributed by atoms with Crippen molar-refractivity contribution >= 4 is 17.6 Å². The summed E-state index contributed by atoms with van der Waals surface area (Å²) in [7, 11) is 1.37. The Balaban J connectivity index is 1.58. The van der Waals surface area contributed by atoms with Crippen molar-refractivity contribution in [3.63, 3.8) is 0 Å². The van der Waals surface area contributed by atoms with Crippen molar-refractivity contribution in [2.45, 2.75) is 25.4 Å². The molecule has 0 bridgehead atoms. The van der Waals surface area contributed by atoms with Gasteiger partial charge in [-0.15, -0.1) is 5.92 Å². The molecule has 5 nitrogen and oxygen atoms in total. The summed E-state index contributed by atoms with van der Waals surface area (Å²) in [6.45, 7) is 2.49. The largest absolute Gasteiger partial charge is 0.490 e. The average Bonchev–Trinajstić information content (AvgIpc) is 2.72. The van der Waals surface area contributed by atoms with E-state index in [4.69, 9.17) is 30.5 Å². The highest BCUT2D eigenvalue weighted by Crippen LogP contribution is 2.34. The van der Waals surface area contributed by atoms with Crippen molar-refractivity contribution in [2.75, 3.05) is 20.3 Å². The van der Waals surface area contributed by atoms with Gasteiger partial charge in [0, 0.05) is 11.1 Å². The molecule has 3 rings (SSSR count). The molecule has 146 valence electrons.